The lowest BCUT2D eigenvalue weighted by molar-refractivity contribution is -0.121. The molecule has 1 heterocycles. The summed E-state index contributed by atoms with van der Waals surface area (Å²) in [5.74, 6) is 0.130. The van der Waals surface area contributed by atoms with Gasteiger partial charge in [0.2, 0.25) is 5.91 Å². The zero-order valence-electron chi connectivity index (χ0n) is 11.7. The van der Waals surface area contributed by atoms with Crippen molar-refractivity contribution in [2.24, 2.45) is 0 Å². The Morgan fingerprint density at radius 1 is 1.47 bits per heavy atom. The van der Waals surface area contributed by atoms with Crippen molar-refractivity contribution >= 4 is 17.7 Å². The van der Waals surface area contributed by atoms with Crippen molar-refractivity contribution in [2.75, 3.05) is 26.7 Å². The van der Waals surface area contributed by atoms with Crippen molar-refractivity contribution in [2.45, 2.75) is 29.9 Å². The first kappa shape index (κ1) is 14.4. The predicted octanol–water partition coefficient (Wildman–Crippen LogP) is 2.16. The zero-order valence-corrected chi connectivity index (χ0v) is 12.5. The summed E-state index contributed by atoms with van der Waals surface area (Å²) in [6, 6.07) is 8.59. The van der Waals surface area contributed by atoms with E-state index in [2.05, 4.69) is 41.4 Å². The molecule has 1 atom stereocenters. The highest BCUT2D eigenvalue weighted by atomic mass is 32.2. The maximum atomic E-state index is 11.6. The monoisotopic (exact) mass is 278 g/mol. The fourth-order valence-electron chi connectivity index (χ4n) is 2.33. The van der Waals surface area contributed by atoms with Gasteiger partial charge in [0.1, 0.15) is 0 Å². The van der Waals surface area contributed by atoms with Gasteiger partial charge in [0.25, 0.3) is 0 Å². The molecule has 1 aliphatic heterocycles. The van der Waals surface area contributed by atoms with Gasteiger partial charge in [-0.05, 0) is 31.5 Å². The number of likely N-dealkylation sites (N-methyl/N-ethyl adjacent to an activating group) is 1. The van der Waals surface area contributed by atoms with Crippen molar-refractivity contribution in [3.8, 4) is 0 Å². The number of carbonyl (C=O) groups excluding carboxylic acids is 1. The SMILES string of the molecule is CCCNC(=O)CN(C)CC1Cc2ccccc2S1. The summed E-state index contributed by atoms with van der Waals surface area (Å²) in [6.07, 6.45) is 2.10. The molecule has 1 amide bonds. The zero-order chi connectivity index (χ0) is 13.7. The molecule has 1 aromatic rings. The molecule has 0 saturated heterocycles. The lowest BCUT2D eigenvalue weighted by atomic mass is 10.1. The number of rotatable bonds is 6. The second-order valence-corrected chi connectivity index (χ2v) is 6.44. The quantitative estimate of drug-likeness (QED) is 0.865. The highest BCUT2D eigenvalue weighted by Crippen LogP contribution is 2.36. The molecule has 1 aliphatic rings. The van der Waals surface area contributed by atoms with E-state index in [1.165, 1.54) is 10.5 Å². The molecule has 104 valence electrons. The molecule has 0 aromatic heterocycles. The Hall–Kier alpha value is -1.00. The van der Waals surface area contributed by atoms with E-state index >= 15 is 0 Å². The van der Waals surface area contributed by atoms with Gasteiger partial charge in [-0.2, -0.15) is 0 Å². The van der Waals surface area contributed by atoms with Crippen LogP contribution in [0.25, 0.3) is 0 Å². The van der Waals surface area contributed by atoms with E-state index in [-0.39, 0.29) is 5.91 Å². The average Bonchev–Trinajstić information content (AvgIpc) is 2.78. The highest BCUT2D eigenvalue weighted by Gasteiger charge is 2.23. The van der Waals surface area contributed by atoms with Gasteiger partial charge in [0.15, 0.2) is 0 Å². The molecule has 0 radical (unpaired) electrons. The normalized spacial score (nSPS) is 17.5. The minimum atomic E-state index is 0.130. The Morgan fingerprint density at radius 3 is 3.00 bits per heavy atom. The van der Waals surface area contributed by atoms with Crippen LogP contribution in [-0.4, -0.2) is 42.7 Å². The van der Waals surface area contributed by atoms with Gasteiger partial charge in [-0.15, -0.1) is 11.8 Å². The molecular formula is C15H22N2OS. The molecule has 1 N–H and O–H groups in total. The summed E-state index contributed by atoms with van der Waals surface area (Å²) in [7, 11) is 2.02. The van der Waals surface area contributed by atoms with E-state index in [1.54, 1.807) is 0 Å². The van der Waals surface area contributed by atoms with Crippen LogP contribution >= 0.6 is 11.8 Å². The molecule has 3 nitrogen and oxygen atoms in total. The van der Waals surface area contributed by atoms with Crippen molar-refractivity contribution in [1.29, 1.82) is 0 Å². The van der Waals surface area contributed by atoms with Crippen LogP contribution in [0.5, 0.6) is 0 Å². The number of hydrogen-bond donors (Lipinski definition) is 1. The van der Waals surface area contributed by atoms with Gasteiger partial charge < -0.3 is 5.32 Å². The predicted molar refractivity (Wildman–Crippen MR) is 80.6 cm³/mol. The van der Waals surface area contributed by atoms with Crippen LogP contribution in [0.1, 0.15) is 18.9 Å². The summed E-state index contributed by atoms with van der Waals surface area (Å²) in [5, 5.41) is 3.49. The van der Waals surface area contributed by atoms with E-state index in [0.717, 1.165) is 25.9 Å². The van der Waals surface area contributed by atoms with Crippen LogP contribution in [-0.2, 0) is 11.2 Å². The van der Waals surface area contributed by atoms with Crippen LogP contribution in [0, 0.1) is 0 Å². The van der Waals surface area contributed by atoms with Crippen LogP contribution in [0.2, 0.25) is 0 Å². The van der Waals surface area contributed by atoms with Gasteiger partial charge in [-0.25, -0.2) is 0 Å². The van der Waals surface area contributed by atoms with E-state index < -0.39 is 0 Å². The fraction of sp³-hybridized carbons (Fsp3) is 0.533. The topological polar surface area (TPSA) is 32.3 Å². The Kier molecular flexibility index (Phi) is 5.28. The molecule has 0 fully saturated rings. The fourth-order valence-corrected chi connectivity index (χ4v) is 3.74. The van der Waals surface area contributed by atoms with Crippen LogP contribution in [0.3, 0.4) is 0 Å². The number of benzene rings is 1. The van der Waals surface area contributed by atoms with Gasteiger partial charge >= 0.3 is 0 Å². The molecule has 1 aromatic carbocycles. The molecule has 2 rings (SSSR count). The number of nitrogens with one attached hydrogen (secondary N) is 1. The van der Waals surface area contributed by atoms with Gasteiger partial charge in [0, 0.05) is 23.2 Å². The number of amides is 1. The second kappa shape index (κ2) is 6.96. The third kappa shape index (κ3) is 4.25. The maximum Gasteiger partial charge on any atom is 0.234 e. The van der Waals surface area contributed by atoms with E-state index in [1.807, 2.05) is 18.8 Å². The molecule has 0 spiro atoms. The Balaban J connectivity index is 1.76. The molecule has 0 saturated carbocycles. The molecule has 0 aliphatic carbocycles. The van der Waals surface area contributed by atoms with E-state index in [0.29, 0.717) is 11.8 Å². The Labute approximate surface area is 119 Å². The molecule has 0 bridgehead atoms. The summed E-state index contributed by atoms with van der Waals surface area (Å²) in [5.41, 5.74) is 1.45. The second-order valence-electron chi connectivity index (χ2n) is 5.10. The van der Waals surface area contributed by atoms with Crippen LogP contribution in [0.15, 0.2) is 29.2 Å². The Bertz CT molecular complexity index is 411. The number of fused-ring (bicyclic) bond motifs is 1. The summed E-state index contributed by atoms with van der Waals surface area (Å²) in [4.78, 5) is 15.2. The van der Waals surface area contributed by atoms with Gasteiger partial charge in [0.05, 0.1) is 6.54 Å². The molecule has 1 unspecified atom stereocenters. The van der Waals surface area contributed by atoms with Gasteiger partial charge in [-0.1, -0.05) is 25.1 Å². The van der Waals surface area contributed by atoms with Crippen LogP contribution < -0.4 is 5.32 Å². The standard InChI is InChI=1S/C15H22N2OS/c1-3-8-16-15(18)11-17(2)10-13-9-12-6-4-5-7-14(12)19-13/h4-7,13H,3,8-11H2,1-2H3,(H,16,18). The summed E-state index contributed by atoms with van der Waals surface area (Å²) in [6.45, 7) is 4.29. The third-order valence-electron chi connectivity index (χ3n) is 3.21. The minimum absolute atomic E-state index is 0.130. The third-order valence-corrected chi connectivity index (χ3v) is 4.52. The van der Waals surface area contributed by atoms with E-state index in [9.17, 15) is 4.79 Å². The molecular weight excluding hydrogens is 256 g/mol. The van der Waals surface area contributed by atoms with Crippen molar-refractivity contribution < 1.29 is 4.79 Å². The number of hydrogen-bond acceptors (Lipinski definition) is 3. The van der Waals surface area contributed by atoms with Crippen molar-refractivity contribution in [3.05, 3.63) is 29.8 Å². The lowest BCUT2D eigenvalue weighted by Gasteiger charge is -2.19. The van der Waals surface area contributed by atoms with Crippen molar-refractivity contribution in [3.63, 3.8) is 0 Å². The molecule has 4 heteroatoms. The first-order valence-corrected chi connectivity index (χ1v) is 7.76. The number of nitrogens with zero attached hydrogens (tertiary/aromatic N) is 1. The minimum Gasteiger partial charge on any atom is -0.355 e. The maximum absolute atomic E-state index is 11.6. The summed E-state index contributed by atoms with van der Waals surface area (Å²) < 4.78 is 0. The molecule has 19 heavy (non-hydrogen) atoms. The van der Waals surface area contributed by atoms with Crippen molar-refractivity contribution in [1.82, 2.24) is 10.2 Å². The van der Waals surface area contributed by atoms with E-state index in [4.69, 9.17) is 0 Å². The Morgan fingerprint density at radius 2 is 2.26 bits per heavy atom. The largest absolute Gasteiger partial charge is 0.355 e. The summed E-state index contributed by atoms with van der Waals surface area (Å²) >= 11 is 1.94. The lowest BCUT2D eigenvalue weighted by Crippen LogP contribution is -2.38. The van der Waals surface area contributed by atoms with Crippen LogP contribution in [0.4, 0.5) is 0 Å². The van der Waals surface area contributed by atoms with Gasteiger partial charge in [-0.3, -0.25) is 9.69 Å². The first-order valence-electron chi connectivity index (χ1n) is 6.89. The number of thioether (sulfide) groups is 1. The first-order chi connectivity index (χ1) is 9.19. The smallest absolute Gasteiger partial charge is 0.234 e. The highest BCUT2D eigenvalue weighted by molar-refractivity contribution is 8.00. The number of carbonyl (C=O) groups is 1. The average molecular weight is 278 g/mol.